The molecule has 3 aromatic rings. The summed E-state index contributed by atoms with van der Waals surface area (Å²) in [4.78, 5) is 42.6. The maximum Gasteiger partial charge on any atom is 0.344 e. The molecule has 0 saturated carbocycles. The number of esters is 3. The number of para-hydroxylation sites is 2. The zero-order chi connectivity index (χ0) is 25.7. The second-order valence-corrected chi connectivity index (χ2v) is 8.48. The molecule has 7 nitrogen and oxygen atoms in total. The predicted octanol–water partition coefficient (Wildman–Crippen LogP) is 4.44. The van der Waals surface area contributed by atoms with Crippen molar-refractivity contribution in [1.82, 2.24) is 0 Å². The van der Waals surface area contributed by atoms with Gasteiger partial charge >= 0.3 is 17.9 Å². The van der Waals surface area contributed by atoms with Crippen molar-refractivity contribution in [2.75, 3.05) is 18.1 Å². The smallest absolute Gasteiger partial charge is 0.344 e. The van der Waals surface area contributed by atoms with Crippen molar-refractivity contribution < 1.29 is 28.6 Å². The quantitative estimate of drug-likeness (QED) is 0.264. The fourth-order valence-electron chi connectivity index (χ4n) is 4.74. The third kappa shape index (κ3) is 4.33. The molecule has 36 heavy (non-hydrogen) atoms. The number of carbonyl (C=O) groups excluding carboxylic acids is 3. The zero-order valence-corrected chi connectivity index (χ0v) is 20.5. The molecular formula is C29H29NO6. The lowest BCUT2D eigenvalue weighted by Gasteiger charge is -2.59. The van der Waals surface area contributed by atoms with E-state index < -0.39 is 35.4 Å². The highest BCUT2D eigenvalue weighted by Crippen LogP contribution is 2.53. The van der Waals surface area contributed by atoms with Gasteiger partial charge in [-0.1, -0.05) is 66.2 Å². The lowest BCUT2D eigenvalue weighted by Crippen LogP contribution is -2.81. The van der Waals surface area contributed by atoms with E-state index in [9.17, 15) is 14.4 Å². The van der Waals surface area contributed by atoms with Gasteiger partial charge in [-0.15, -0.1) is 0 Å². The van der Waals surface area contributed by atoms with Gasteiger partial charge in [-0.25, -0.2) is 14.4 Å². The average molecular weight is 488 g/mol. The minimum atomic E-state index is -1.91. The van der Waals surface area contributed by atoms with Crippen LogP contribution in [0.5, 0.6) is 5.75 Å². The topological polar surface area (TPSA) is 82.1 Å². The van der Waals surface area contributed by atoms with Crippen molar-refractivity contribution in [1.29, 1.82) is 0 Å². The lowest BCUT2D eigenvalue weighted by atomic mass is 9.63. The van der Waals surface area contributed by atoms with Gasteiger partial charge in [0.05, 0.1) is 19.1 Å². The Morgan fingerprint density at radius 1 is 0.778 bits per heavy atom. The Hall–Kier alpha value is -4.13. The monoisotopic (exact) mass is 487 g/mol. The van der Waals surface area contributed by atoms with Crippen molar-refractivity contribution in [2.24, 2.45) is 0 Å². The van der Waals surface area contributed by atoms with Gasteiger partial charge in [0.25, 0.3) is 0 Å². The van der Waals surface area contributed by atoms with E-state index in [0.717, 1.165) is 5.56 Å². The summed E-state index contributed by atoms with van der Waals surface area (Å²) in [6.45, 7) is 5.39. The van der Waals surface area contributed by atoms with Crippen molar-refractivity contribution >= 4 is 23.6 Å². The Morgan fingerprint density at radius 2 is 1.31 bits per heavy atom. The molecule has 7 heteroatoms. The molecule has 1 fully saturated rings. The van der Waals surface area contributed by atoms with Crippen LogP contribution in [0.1, 0.15) is 30.9 Å². The zero-order valence-electron chi connectivity index (χ0n) is 20.5. The molecule has 1 heterocycles. The highest BCUT2D eigenvalue weighted by Gasteiger charge is 2.74. The first-order chi connectivity index (χ1) is 17.4. The van der Waals surface area contributed by atoms with Crippen molar-refractivity contribution in [3.63, 3.8) is 0 Å². The van der Waals surface area contributed by atoms with Gasteiger partial charge in [-0.2, -0.15) is 0 Å². The number of benzene rings is 3. The van der Waals surface area contributed by atoms with Crippen LogP contribution in [0.3, 0.4) is 0 Å². The Bertz CT molecular complexity index is 1190. The summed E-state index contributed by atoms with van der Waals surface area (Å²) in [6.07, 6.45) is 0. The van der Waals surface area contributed by atoms with Crippen LogP contribution in [0.15, 0.2) is 84.9 Å². The Morgan fingerprint density at radius 3 is 1.83 bits per heavy atom. The molecule has 186 valence electrons. The predicted molar refractivity (Wildman–Crippen MR) is 135 cm³/mol. The lowest BCUT2D eigenvalue weighted by molar-refractivity contribution is -0.173. The summed E-state index contributed by atoms with van der Waals surface area (Å²) >= 11 is 0. The van der Waals surface area contributed by atoms with Crippen LogP contribution in [0.2, 0.25) is 0 Å². The third-order valence-electron chi connectivity index (χ3n) is 6.27. The third-order valence-corrected chi connectivity index (χ3v) is 6.27. The number of hydrogen-bond donors (Lipinski definition) is 0. The standard InChI is InChI=1S/C29H29NO6/c1-4-34-27(32)29(28(33)35-5-2)24(21-18-16-20(3)17-19-21)25(30(29)22-12-8-6-9-13-22)26(31)36-23-14-10-7-11-15-23/h6-19,24-25H,4-5H2,1-3H3. The van der Waals surface area contributed by atoms with Gasteiger partial charge in [0, 0.05) is 5.69 Å². The van der Waals surface area contributed by atoms with Gasteiger partial charge in [-0.05, 0) is 50.6 Å². The second kappa shape index (κ2) is 10.6. The number of hydrogen-bond acceptors (Lipinski definition) is 7. The summed E-state index contributed by atoms with van der Waals surface area (Å²) in [5, 5.41) is 0. The van der Waals surface area contributed by atoms with E-state index in [1.165, 1.54) is 4.90 Å². The molecule has 1 aliphatic rings. The van der Waals surface area contributed by atoms with Gasteiger partial charge in [0.2, 0.25) is 5.54 Å². The summed E-state index contributed by atoms with van der Waals surface area (Å²) in [5.74, 6) is -2.70. The molecule has 1 saturated heterocycles. The fraction of sp³-hybridized carbons (Fsp3) is 0.276. The summed E-state index contributed by atoms with van der Waals surface area (Å²) in [6, 6.07) is 23.9. The number of anilines is 1. The van der Waals surface area contributed by atoms with Crippen LogP contribution in [0.25, 0.3) is 0 Å². The molecule has 0 N–H and O–H groups in total. The molecule has 0 amide bonds. The highest BCUT2D eigenvalue weighted by molar-refractivity contribution is 6.15. The average Bonchev–Trinajstić information content (AvgIpc) is 2.86. The SMILES string of the molecule is CCOC(=O)C1(C(=O)OCC)C(c2ccc(C)cc2)C(C(=O)Oc2ccccc2)N1c1ccccc1. The van der Waals surface area contributed by atoms with Gasteiger partial charge in [0.15, 0.2) is 0 Å². The Labute approximate surface area is 210 Å². The minimum Gasteiger partial charge on any atom is -0.464 e. The van der Waals surface area contributed by atoms with Crippen LogP contribution in [-0.2, 0) is 23.9 Å². The molecule has 4 rings (SSSR count). The van der Waals surface area contributed by atoms with Gasteiger partial charge in [-0.3, -0.25) is 0 Å². The molecule has 0 spiro atoms. The van der Waals surface area contributed by atoms with Crippen molar-refractivity contribution in [3.05, 3.63) is 96.1 Å². The molecule has 1 aliphatic heterocycles. The van der Waals surface area contributed by atoms with E-state index in [0.29, 0.717) is 17.0 Å². The number of nitrogens with zero attached hydrogens (tertiary/aromatic N) is 1. The minimum absolute atomic E-state index is 0.0579. The van der Waals surface area contributed by atoms with Crippen LogP contribution in [0.4, 0.5) is 5.69 Å². The Kier molecular flexibility index (Phi) is 7.38. The van der Waals surface area contributed by atoms with E-state index in [1.54, 1.807) is 62.4 Å². The molecule has 2 atom stereocenters. The van der Waals surface area contributed by atoms with E-state index in [2.05, 4.69) is 0 Å². The first-order valence-corrected chi connectivity index (χ1v) is 12.0. The molecule has 0 aliphatic carbocycles. The van der Waals surface area contributed by atoms with Crippen LogP contribution >= 0.6 is 0 Å². The van der Waals surface area contributed by atoms with Gasteiger partial charge in [0.1, 0.15) is 11.8 Å². The van der Waals surface area contributed by atoms with Crippen molar-refractivity contribution in [3.8, 4) is 5.75 Å². The van der Waals surface area contributed by atoms with E-state index in [1.807, 2.05) is 43.3 Å². The van der Waals surface area contributed by atoms with E-state index in [-0.39, 0.29) is 13.2 Å². The highest BCUT2D eigenvalue weighted by atomic mass is 16.6. The van der Waals surface area contributed by atoms with Crippen LogP contribution in [-0.4, -0.2) is 42.7 Å². The number of aryl methyl sites for hydroxylation is 1. The maximum atomic E-state index is 13.7. The number of carbonyl (C=O) groups is 3. The summed E-state index contributed by atoms with van der Waals surface area (Å²) < 4.78 is 16.6. The number of rotatable bonds is 8. The maximum absolute atomic E-state index is 13.7. The van der Waals surface area contributed by atoms with Crippen LogP contribution < -0.4 is 9.64 Å². The van der Waals surface area contributed by atoms with Gasteiger partial charge < -0.3 is 19.1 Å². The molecule has 2 unspecified atom stereocenters. The fourth-order valence-corrected chi connectivity index (χ4v) is 4.74. The van der Waals surface area contributed by atoms with E-state index in [4.69, 9.17) is 14.2 Å². The second-order valence-electron chi connectivity index (χ2n) is 8.48. The van der Waals surface area contributed by atoms with Crippen LogP contribution in [0, 0.1) is 6.92 Å². The molecule has 0 aromatic heterocycles. The largest absolute Gasteiger partial charge is 0.464 e. The molecule has 3 aromatic carbocycles. The summed E-state index contributed by atoms with van der Waals surface area (Å²) in [7, 11) is 0. The molecule has 0 bridgehead atoms. The first kappa shape index (κ1) is 25.0. The van der Waals surface area contributed by atoms with Crippen molar-refractivity contribution in [2.45, 2.75) is 38.3 Å². The first-order valence-electron chi connectivity index (χ1n) is 12.0. The number of ether oxygens (including phenoxy) is 3. The normalized spacial score (nSPS) is 18.0. The Balaban J connectivity index is 1.92. The molecule has 0 radical (unpaired) electrons. The summed E-state index contributed by atoms with van der Waals surface area (Å²) in [5.41, 5.74) is 0.211. The molecular weight excluding hydrogens is 458 g/mol. The van der Waals surface area contributed by atoms with E-state index >= 15 is 0 Å².